The van der Waals surface area contributed by atoms with Crippen molar-refractivity contribution in [2.24, 2.45) is 0 Å². The van der Waals surface area contributed by atoms with Gasteiger partial charge in [0.15, 0.2) is 0 Å². The fourth-order valence-electron chi connectivity index (χ4n) is 5.81. The molecule has 0 fully saturated rings. The van der Waals surface area contributed by atoms with Crippen molar-refractivity contribution in [3.05, 3.63) is 82.0 Å². The highest BCUT2D eigenvalue weighted by molar-refractivity contribution is 8.76. The first-order valence-electron chi connectivity index (χ1n) is 15.1. The van der Waals surface area contributed by atoms with Crippen molar-refractivity contribution in [1.29, 1.82) is 0 Å². The smallest absolute Gasteiger partial charge is 0.394 e. The van der Waals surface area contributed by atoms with E-state index in [0.29, 0.717) is 57.4 Å². The third kappa shape index (κ3) is 7.33. The quantitative estimate of drug-likeness (QED) is 0.0435. The molecule has 3 heterocycles. The van der Waals surface area contributed by atoms with E-state index in [4.69, 9.17) is 20.6 Å². The maximum Gasteiger partial charge on any atom is 0.394 e. The molecular weight excluding hydrogens is 705 g/mol. The van der Waals surface area contributed by atoms with Gasteiger partial charge in [-0.1, -0.05) is 34.7 Å². The van der Waals surface area contributed by atoms with Crippen LogP contribution in [0.5, 0.6) is 5.75 Å². The number of hydrogen-bond acceptors (Lipinski definition) is 8. The molecule has 2 aromatic heterocycles. The Morgan fingerprint density at radius 3 is 2.31 bits per heavy atom. The van der Waals surface area contributed by atoms with E-state index in [0.717, 1.165) is 27.6 Å². The van der Waals surface area contributed by atoms with Crippen LogP contribution in [0.4, 0.5) is 17.1 Å². The lowest BCUT2D eigenvalue weighted by molar-refractivity contribution is -0.115. The van der Waals surface area contributed by atoms with Crippen LogP contribution in [0.1, 0.15) is 38.9 Å². The van der Waals surface area contributed by atoms with E-state index in [1.807, 2.05) is 18.4 Å². The topological polar surface area (TPSA) is 149 Å². The van der Waals surface area contributed by atoms with E-state index in [1.165, 1.54) is 7.11 Å². The highest BCUT2D eigenvalue weighted by atomic mass is 35.5. The van der Waals surface area contributed by atoms with Crippen LogP contribution < -0.4 is 30.5 Å². The maximum atomic E-state index is 13.9. The summed E-state index contributed by atoms with van der Waals surface area (Å²) in [5, 5.41) is 8.41. The largest absolute Gasteiger partial charge is 0.426 e. The molecule has 0 saturated carbocycles. The fourth-order valence-corrected chi connectivity index (χ4v) is 7.65. The lowest BCUT2D eigenvalue weighted by atomic mass is 10.00. The van der Waals surface area contributed by atoms with Crippen LogP contribution in [0.2, 0.25) is 0 Å². The van der Waals surface area contributed by atoms with Crippen molar-refractivity contribution in [3.8, 4) is 5.75 Å². The molecule has 0 saturated heterocycles. The van der Waals surface area contributed by atoms with Crippen LogP contribution in [-0.2, 0) is 9.32 Å². The summed E-state index contributed by atoms with van der Waals surface area (Å²) in [4.78, 5) is 57.3. The molecule has 0 bridgehead atoms. The first kappa shape index (κ1) is 34.9. The molecule has 1 aliphatic heterocycles. The van der Waals surface area contributed by atoms with Crippen molar-refractivity contribution < 1.29 is 28.3 Å². The average Bonchev–Trinajstić information content (AvgIpc) is 3.81. The Morgan fingerprint density at radius 2 is 1.65 bits per heavy atom. The number of H-pyrrole nitrogens is 2. The van der Waals surface area contributed by atoms with Crippen LogP contribution in [-0.4, -0.2) is 64.1 Å². The number of halogens is 1. The molecule has 5 aromatic rings. The van der Waals surface area contributed by atoms with Gasteiger partial charge >= 0.3 is 8.60 Å². The number of fused-ring (bicyclic) bond motifs is 3. The van der Waals surface area contributed by atoms with E-state index >= 15 is 0 Å². The molecule has 1 unspecified atom stereocenters. The number of anilines is 3. The number of benzene rings is 3. The SMILES string of the molecule is C=c1c(OP(O)OC)cc2c(c1=C)[C@H](CCl)CN2C(=O)c1cc2cc(NC(=O)c3cc4cc(NC(=O)CCSSC)ccc4[nH]3)ccc2[nH]1. The minimum absolute atomic E-state index is 0.0628. The van der Waals surface area contributed by atoms with Gasteiger partial charge in [0.2, 0.25) is 5.91 Å². The molecule has 6 rings (SSSR count). The Kier molecular flexibility index (Phi) is 10.6. The number of amides is 3. The van der Waals surface area contributed by atoms with E-state index in [9.17, 15) is 19.3 Å². The number of rotatable bonds is 12. The molecule has 254 valence electrons. The number of aromatic amines is 2. The summed E-state index contributed by atoms with van der Waals surface area (Å²) < 4.78 is 10.4. The van der Waals surface area contributed by atoms with Gasteiger partial charge in [-0.2, -0.15) is 0 Å². The molecule has 0 spiro atoms. The first-order valence-corrected chi connectivity index (χ1v) is 19.5. The molecule has 15 heteroatoms. The van der Waals surface area contributed by atoms with Crippen molar-refractivity contribution in [2.45, 2.75) is 12.3 Å². The van der Waals surface area contributed by atoms with Gasteiger partial charge in [0, 0.05) is 82.1 Å². The molecule has 2 atom stereocenters. The first-order chi connectivity index (χ1) is 23.6. The standard InChI is InChI=1S/C34H33ClN5O6PS2/c1-18-19(2)32-22(16-35)17-40(29(32)15-30(18)46-47(44)45-3)34(43)28-14-21-12-24(6-8-26(21)39-28)37-33(42)27-13-20-11-23(5-7-25(20)38-27)36-31(41)9-10-49-48-4/h5-8,11-15,22,38-39,44H,1-2,9-10,16-17H2,3-4H3,(H,36,41)(H,37,42)/t22-,47?/m1/s1. The number of carbonyl (C=O) groups excluding carboxylic acids is 3. The second kappa shape index (κ2) is 14.9. The van der Waals surface area contributed by atoms with Gasteiger partial charge in [-0.15, -0.1) is 11.6 Å². The maximum absolute atomic E-state index is 13.9. The second-order valence-corrected chi connectivity index (χ2v) is 15.3. The molecular formula is C34H33ClN5O6PS2. The zero-order valence-corrected chi connectivity index (χ0v) is 29.9. The Bertz CT molecular complexity index is 2190. The summed E-state index contributed by atoms with van der Waals surface area (Å²) in [7, 11) is 2.41. The van der Waals surface area contributed by atoms with Crippen LogP contribution in [0.25, 0.3) is 35.0 Å². The van der Waals surface area contributed by atoms with Crippen molar-refractivity contribution in [3.63, 3.8) is 0 Å². The van der Waals surface area contributed by atoms with Crippen LogP contribution >= 0.6 is 41.8 Å². The van der Waals surface area contributed by atoms with Gasteiger partial charge in [-0.05, 0) is 65.6 Å². The molecule has 3 amide bonds. The predicted molar refractivity (Wildman–Crippen MR) is 202 cm³/mol. The van der Waals surface area contributed by atoms with E-state index in [1.54, 1.807) is 69.0 Å². The third-order valence-corrected chi connectivity index (χ3v) is 11.0. The number of alkyl halides is 1. The van der Waals surface area contributed by atoms with Gasteiger partial charge in [-0.25, -0.2) is 0 Å². The Balaban J connectivity index is 1.19. The minimum Gasteiger partial charge on any atom is -0.426 e. The van der Waals surface area contributed by atoms with Crippen molar-refractivity contribution in [1.82, 2.24) is 9.97 Å². The third-order valence-electron chi connectivity index (χ3n) is 8.19. The normalized spacial score (nSPS) is 14.6. The molecule has 11 nitrogen and oxygen atoms in total. The van der Waals surface area contributed by atoms with Crippen molar-refractivity contribution in [2.75, 3.05) is 47.1 Å². The summed E-state index contributed by atoms with van der Waals surface area (Å²) in [5.74, 6) is 0.404. The summed E-state index contributed by atoms with van der Waals surface area (Å²) >= 11 is 6.32. The number of hydrogen-bond donors (Lipinski definition) is 5. The van der Waals surface area contributed by atoms with Gasteiger partial charge < -0.3 is 39.4 Å². The van der Waals surface area contributed by atoms with Crippen molar-refractivity contribution >= 4 is 112 Å². The van der Waals surface area contributed by atoms with E-state index in [2.05, 4.69) is 33.8 Å². The Morgan fingerprint density at radius 1 is 1.00 bits per heavy atom. The Hall–Kier alpha value is -3.97. The van der Waals surface area contributed by atoms with E-state index < -0.39 is 8.60 Å². The zero-order chi connectivity index (χ0) is 34.8. The highest BCUT2D eigenvalue weighted by Crippen LogP contribution is 2.39. The monoisotopic (exact) mass is 737 g/mol. The van der Waals surface area contributed by atoms with Crippen LogP contribution in [0.15, 0.2) is 54.6 Å². The highest BCUT2D eigenvalue weighted by Gasteiger charge is 2.35. The van der Waals surface area contributed by atoms with Gasteiger partial charge in [-0.3, -0.25) is 14.4 Å². The molecule has 0 radical (unpaired) electrons. The average molecular weight is 738 g/mol. The number of carbonyl (C=O) groups is 3. The number of nitrogens with one attached hydrogen (secondary N) is 4. The minimum atomic E-state index is -2.18. The van der Waals surface area contributed by atoms with Crippen LogP contribution in [0.3, 0.4) is 0 Å². The lowest BCUT2D eigenvalue weighted by Crippen LogP contribution is -2.31. The van der Waals surface area contributed by atoms with Gasteiger partial charge in [0.1, 0.15) is 17.1 Å². The van der Waals surface area contributed by atoms with Crippen LogP contribution in [0, 0.1) is 0 Å². The molecule has 1 aliphatic rings. The Labute approximate surface area is 295 Å². The lowest BCUT2D eigenvalue weighted by Gasteiger charge is -2.18. The summed E-state index contributed by atoms with van der Waals surface area (Å²) in [6.45, 7) is 8.54. The van der Waals surface area contributed by atoms with E-state index in [-0.39, 0.29) is 35.3 Å². The zero-order valence-electron chi connectivity index (χ0n) is 26.6. The van der Waals surface area contributed by atoms with Gasteiger partial charge in [0.05, 0.1) is 5.69 Å². The molecule has 3 aromatic carbocycles. The summed E-state index contributed by atoms with van der Waals surface area (Å²) in [6, 6.07) is 15.9. The number of aromatic nitrogens is 2. The predicted octanol–water partition coefficient (Wildman–Crippen LogP) is 6.29. The molecule has 49 heavy (non-hydrogen) atoms. The molecule has 0 aliphatic carbocycles. The molecule has 5 N–H and O–H groups in total. The van der Waals surface area contributed by atoms with Gasteiger partial charge in [0.25, 0.3) is 11.8 Å². The second-order valence-electron chi connectivity index (χ2n) is 11.3. The summed E-state index contributed by atoms with van der Waals surface area (Å²) in [5.41, 5.74) is 4.76. The summed E-state index contributed by atoms with van der Waals surface area (Å²) in [6.07, 6.45) is 2.39. The fraction of sp³-hybridized carbons (Fsp3) is 0.206. The number of nitrogens with zero attached hydrogens (tertiary/aromatic N) is 1.